The molecule has 0 aliphatic rings. The van der Waals surface area contributed by atoms with E-state index < -0.39 is 46.2 Å². The van der Waals surface area contributed by atoms with E-state index in [0.717, 1.165) is 12.1 Å². The molecule has 1 atom stereocenters. The van der Waals surface area contributed by atoms with Crippen LogP contribution in [0.25, 0.3) is 0 Å². The molecular formula is C30H33ClF3N3O4S. The molecule has 0 saturated heterocycles. The van der Waals surface area contributed by atoms with Crippen molar-refractivity contribution in [3.05, 3.63) is 95.0 Å². The highest BCUT2D eigenvalue weighted by Gasteiger charge is 2.36. The summed E-state index contributed by atoms with van der Waals surface area (Å²) in [6.45, 7) is 4.99. The fraction of sp³-hybridized carbons (Fsp3) is 0.333. The predicted octanol–water partition coefficient (Wildman–Crippen LogP) is 6.13. The smallest absolute Gasteiger partial charge is 0.354 e. The van der Waals surface area contributed by atoms with E-state index in [0.29, 0.717) is 27.5 Å². The first-order chi connectivity index (χ1) is 19.7. The molecule has 0 unspecified atom stereocenters. The number of benzene rings is 3. The van der Waals surface area contributed by atoms with E-state index in [2.05, 4.69) is 5.32 Å². The van der Waals surface area contributed by atoms with Gasteiger partial charge >= 0.3 is 6.18 Å². The first-order valence-corrected chi connectivity index (χ1v) is 15.1. The summed E-state index contributed by atoms with van der Waals surface area (Å²) in [5, 5.41) is 3.28. The van der Waals surface area contributed by atoms with Crippen LogP contribution in [-0.4, -0.2) is 44.3 Å². The Morgan fingerprint density at radius 2 is 1.60 bits per heavy atom. The van der Waals surface area contributed by atoms with Crippen molar-refractivity contribution in [2.75, 3.05) is 17.4 Å². The number of alkyl halides is 3. The van der Waals surface area contributed by atoms with Crippen LogP contribution in [0.15, 0.2) is 83.8 Å². The molecule has 0 aliphatic heterocycles. The molecule has 0 bridgehead atoms. The summed E-state index contributed by atoms with van der Waals surface area (Å²) < 4.78 is 69.0. The van der Waals surface area contributed by atoms with E-state index >= 15 is 0 Å². The molecule has 0 radical (unpaired) electrons. The predicted molar refractivity (Wildman–Crippen MR) is 156 cm³/mol. The minimum atomic E-state index is -4.75. The topological polar surface area (TPSA) is 86.8 Å². The maximum Gasteiger partial charge on any atom is 0.416 e. The van der Waals surface area contributed by atoms with E-state index in [1.807, 2.05) is 13.8 Å². The van der Waals surface area contributed by atoms with Gasteiger partial charge in [-0.3, -0.25) is 13.9 Å². The highest BCUT2D eigenvalue weighted by Crippen LogP contribution is 2.33. The van der Waals surface area contributed by atoms with Crippen molar-refractivity contribution < 1.29 is 31.2 Å². The van der Waals surface area contributed by atoms with Crippen LogP contribution in [0.4, 0.5) is 18.9 Å². The lowest BCUT2D eigenvalue weighted by Crippen LogP contribution is -2.52. The SMILES string of the molecule is CC[C@H](C(=O)NCC(C)C)N(Cc1ccc(Cl)cc1)C(=O)CN(c1cccc(C(F)(F)F)c1)S(=O)(=O)c1ccccc1. The Kier molecular flexibility index (Phi) is 11.0. The van der Waals surface area contributed by atoms with Gasteiger partial charge in [0.15, 0.2) is 0 Å². The third-order valence-corrected chi connectivity index (χ3v) is 8.45. The van der Waals surface area contributed by atoms with E-state index in [9.17, 15) is 31.2 Å². The van der Waals surface area contributed by atoms with Crippen LogP contribution in [-0.2, 0) is 32.3 Å². The second-order valence-electron chi connectivity index (χ2n) is 10.1. The first-order valence-electron chi connectivity index (χ1n) is 13.3. The molecule has 0 aromatic heterocycles. The van der Waals surface area contributed by atoms with Gasteiger partial charge in [0.05, 0.1) is 16.1 Å². The fourth-order valence-electron chi connectivity index (χ4n) is 4.21. The van der Waals surface area contributed by atoms with Crippen LogP contribution >= 0.6 is 11.6 Å². The minimum absolute atomic E-state index is 0.0641. The van der Waals surface area contributed by atoms with Crippen LogP contribution in [0.5, 0.6) is 0 Å². The van der Waals surface area contributed by atoms with Crippen LogP contribution in [0, 0.1) is 5.92 Å². The Morgan fingerprint density at radius 3 is 2.17 bits per heavy atom. The molecule has 3 rings (SSSR count). The van der Waals surface area contributed by atoms with Crippen LogP contribution < -0.4 is 9.62 Å². The number of hydrogen-bond acceptors (Lipinski definition) is 4. The fourth-order valence-corrected chi connectivity index (χ4v) is 5.77. The molecule has 2 amide bonds. The number of halogens is 4. The zero-order valence-electron chi connectivity index (χ0n) is 23.4. The normalized spacial score (nSPS) is 12.6. The number of amides is 2. The number of nitrogens with one attached hydrogen (secondary N) is 1. The Hall–Kier alpha value is -3.57. The Bertz CT molecular complexity index is 1470. The molecule has 0 aliphatic carbocycles. The summed E-state index contributed by atoms with van der Waals surface area (Å²) in [4.78, 5) is 28.3. The molecule has 12 heteroatoms. The molecule has 0 spiro atoms. The summed E-state index contributed by atoms with van der Waals surface area (Å²) in [5.74, 6) is -1.06. The summed E-state index contributed by atoms with van der Waals surface area (Å²) in [7, 11) is -4.50. The number of anilines is 1. The van der Waals surface area contributed by atoms with E-state index in [1.165, 1.54) is 35.2 Å². The van der Waals surface area contributed by atoms with Gasteiger partial charge in [-0.15, -0.1) is 0 Å². The van der Waals surface area contributed by atoms with Crippen molar-refractivity contribution in [3.8, 4) is 0 Å². The Balaban J connectivity index is 2.09. The number of carbonyl (C=O) groups is 2. The average molecular weight is 624 g/mol. The molecule has 0 heterocycles. The average Bonchev–Trinajstić information content (AvgIpc) is 2.95. The number of nitrogens with zero attached hydrogens (tertiary/aromatic N) is 2. The molecule has 7 nitrogen and oxygen atoms in total. The lowest BCUT2D eigenvalue weighted by molar-refractivity contribution is -0.140. The van der Waals surface area contributed by atoms with E-state index in [4.69, 9.17) is 11.6 Å². The maximum absolute atomic E-state index is 14.0. The molecule has 226 valence electrons. The zero-order chi connectivity index (χ0) is 31.1. The molecular weight excluding hydrogens is 591 g/mol. The molecule has 0 saturated carbocycles. The second kappa shape index (κ2) is 14.1. The minimum Gasteiger partial charge on any atom is -0.354 e. The van der Waals surface area contributed by atoms with Gasteiger partial charge in [0.2, 0.25) is 11.8 Å². The van der Waals surface area contributed by atoms with Crippen molar-refractivity contribution >= 4 is 39.1 Å². The van der Waals surface area contributed by atoms with Gasteiger partial charge in [0, 0.05) is 18.1 Å². The summed E-state index contributed by atoms with van der Waals surface area (Å²) in [6, 6.07) is 16.5. The molecule has 3 aromatic carbocycles. The van der Waals surface area contributed by atoms with Crippen molar-refractivity contribution in [1.29, 1.82) is 0 Å². The van der Waals surface area contributed by atoms with E-state index in [-0.39, 0.29) is 29.5 Å². The van der Waals surface area contributed by atoms with Gasteiger partial charge in [-0.05, 0) is 60.4 Å². The van der Waals surface area contributed by atoms with E-state index in [1.54, 1.807) is 37.3 Å². The lowest BCUT2D eigenvalue weighted by atomic mass is 10.1. The van der Waals surface area contributed by atoms with Gasteiger partial charge in [0.25, 0.3) is 10.0 Å². The number of hydrogen-bond donors (Lipinski definition) is 1. The first kappa shape index (κ1) is 32.9. The Morgan fingerprint density at radius 1 is 0.952 bits per heavy atom. The van der Waals surface area contributed by atoms with Crippen molar-refractivity contribution in [1.82, 2.24) is 10.2 Å². The standard InChI is InChI=1S/C30H33ClF3N3O4S/c1-4-27(29(39)35-18-21(2)3)36(19-22-13-15-24(31)16-14-22)28(38)20-37(42(40,41)26-11-6-5-7-12-26)25-10-8-9-23(17-25)30(32,33)34/h5-17,21,27H,4,18-20H2,1-3H3,(H,35,39)/t27-/m1/s1. The van der Waals surface area contributed by atoms with Crippen LogP contribution in [0.1, 0.15) is 38.3 Å². The molecule has 1 N–H and O–H groups in total. The third-order valence-electron chi connectivity index (χ3n) is 6.41. The number of rotatable bonds is 12. The monoisotopic (exact) mass is 623 g/mol. The van der Waals surface area contributed by atoms with Gasteiger partial charge in [-0.25, -0.2) is 8.42 Å². The number of carbonyl (C=O) groups excluding carboxylic acids is 2. The number of sulfonamides is 1. The Labute approximate surface area is 249 Å². The second-order valence-corrected chi connectivity index (χ2v) is 12.4. The van der Waals surface area contributed by atoms with Gasteiger partial charge in [-0.1, -0.05) is 68.8 Å². The lowest BCUT2D eigenvalue weighted by Gasteiger charge is -2.33. The van der Waals surface area contributed by atoms with Crippen molar-refractivity contribution in [3.63, 3.8) is 0 Å². The highest BCUT2D eigenvalue weighted by atomic mass is 35.5. The third kappa shape index (κ3) is 8.48. The summed E-state index contributed by atoms with van der Waals surface area (Å²) in [5.41, 5.74) is -0.789. The van der Waals surface area contributed by atoms with Gasteiger partial charge in [-0.2, -0.15) is 13.2 Å². The molecule has 42 heavy (non-hydrogen) atoms. The van der Waals surface area contributed by atoms with Crippen molar-refractivity contribution in [2.45, 2.75) is 50.9 Å². The van der Waals surface area contributed by atoms with Crippen molar-refractivity contribution in [2.24, 2.45) is 5.92 Å². The van der Waals surface area contributed by atoms with Crippen LogP contribution in [0.3, 0.4) is 0 Å². The molecule has 3 aromatic rings. The van der Waals surface area contributed by atoms with Gasteiger partial charge in [0.1, 0.15) is 12.6 Å². The van der Waals surface area contributed by atoms with Crippen LogP contribution in [0.2, 0.25) is 5.02 Å². The summed E-state index contributed by atoms with van der Waals surface area (Å²) in [6.07, 6.45) is -4.54. The zero-order valence-corrected chi connectivity index (χ0v) is 25.0. The quantitative estimate of drug-likeness (QED) is 0.263. The maximum atomic E-state index is 14.0. The highest BCUT2D eigenvalue weighted by molar-refractivity contribution is 7.92. The summed E-state index contributed by atoms with van der Waals surface area (Å²) >= 11 is 6.01. The molecule has 0 fully saturated rings. The van der Waals surface area contributed by atoms with Gasteiger partial charge < -0.3 is 10.2 Å². The largest absolute Gasteiger partial charge is 0.416 e.